The number of likely N-dealkylation sites (N-methyl/N-ethyl adjacent to an activating group) is 1. The van der Waals surface area contributed by atoms with E-state index in [9.17, 15) is 4.79 Å². The lowest BCUT2D eigenvalue weighted by Gasteiger charge is -2.25. The summed E-state index contributed by atoms with van der Waals surface area (Å²) < 4.78 is 5.36. The Morgan fingerprint density at radius 1 is 1.62 bits per heavy atom. The van der Waals surface area contributed by atoms with Crippen molar-refractivity contribution < 1.29 is 9.53 Å². The molecule has 2 heterocycles. The quantitative estimate of drug-likeness (QED) is 0.723. The van der Waals surface area contributed by atoms with E-state index >= 15 is 0 Å². The van der Waals surface area contributed by atoms with Crippen LogP contribution in [0.5, 0.6) is 0 Å². The number of aromatic nitrogens is 1. The first-order valence-corrected chi connectivity index (χ1v) is 5.45. The summed E-state index contributed by atoms with van der Waals surface area (Å²) in [5, 5.41) is 0. The summed E-state index contributed by atoms with van der Waals surface area (Å²) in [4.78, 5) is 17.1. The Hall–Kier alpha value is -1.42. The van der Waals surface area contributed by atoms with Crippen molar-refractivity contribution in [1.82, 2.24) is 4.98 Å². The SMILES string of the molecule is Cc1cc(C=O)cnc1N(C)C1CCOC1. The van der Waals surface area contributed by atoms with Gasteiger partial charge in [-0.05, 0) is 25.0 Å². The molecule has 0 spiro atoms. The Labute approximate surface area is 95.2 Å². The molecule has 1 aromatic heterocycles. The normalized spacial score (nSPS) is 19.8. The van der Waals surface area contributed by atoms with Crippen molar-refractivity contribution in [2.75, 3.05) is 25.2 Å². The van der Waals surface area contributed by atoms with Gasteiger partial charge < -0.3 is 9.64 Å². The van der Waals surface area contributed by atoms with E-state index in [0.717, 1.165) is 37.3 Å². The molecule has 0 aromatic carbocycles. The first-order valence-electron chi connectivity index (χ1n) is 5.45. The van der Waals surface area contributed by atoms with E-state index < -0.39 is 0 Å². The number of anilines is 1. The van der Waals surface area contributed by atoms with Crippen LogP contribution in [-0.4, -0.2) is 37.6 Å². The van der Waals surface area contributed by atoms with Gasteiger partial charge in [-0.15, -0.1) is 0 Å². The molecule has 0 aliphatic carbocycles. The van der Waals surface area contributed by atoms with Crippen LogP contribution in [0, 0.1) is 6.92 Å². The van der Waals surface area contributed by atoms with Gasteiger partial charge in [-0.1, -0.05) is 0 Å². The zero-order valence-electron chi connectivity index (χ0n) is 9.64. The standard InChI is InChI=1S/C12H16N2O2/c1-9-5-10(7-15)6-13-12(9)14(2)11-3-4-16-8-11/h5-7,11H,3-4,8H2,1-2H3. The molecule has 1 aliphatic rings. The summed E-state index contributed by atoms with van der Waals surface area (Å²) in [7, 11) is 2.02. The van der Waals surface area contributed by atoms with Crippen LogP contribution in [-0.2, 0) is 4.74 Å². The number of carbonyl (C=O) groups is 1. The number of pyridine rings is 1. The maximum Gasteiger partial charge on any atom is 0.151 e. The average Bonchev–Trinajstić information content (AvgIpc) is 2.81. The number of ether oxygens (including phenoxy) is 1. The van der Waals surface area contributed by atoms with Gasteiger partial charge in [0, 0.05) is 25.4 Å². The topological polar surface area (TPSA) is 42.4 Å². The molecule has 16 heavy (non-hydrogen) atoms. The van der Waals surface area contributed by atoms with Crippen LogP contribution in [0.25, 0.3) is 0 Å². The molecule has 1 atom stereocenters. The van der Waals surface area contributed by atoms with Gasteiger partial charge in [-0.25, -0.2) is 4.98 Å². The molecule has 0 saturated carbocycles. The lowest BCUT2D eigenvalue weighted by atomic mass is 10.1. The lowest BCUT2D eigenvalue weighted by Crippen LogP contribution is -2.33. The molecule has 86 valence electrons. The van der Waals surface area contributed by atoms with Crippen LogP contribution in [0.4, 0.5) is 5.82 Å². The number of hydrogen-bond acceptors (Lipinski definition) is 4. The van der Waals surface area contributed by atoms with E-state index in [1.54, 1.807) is 6.20 Å². The van der Waals surface area contributed by atoms with Gasteiger partial charge in [-0.3, -0.25) is 4.79 Å². The van der Waals surface area contributed by atoms with Gasteiger partial charge in [0.2, 0.25) is 0 Å². The highest BCUT2D eigenvalue weighted by Gasteiger charge is 2.22. The summed E-state index contributed by atoms with van der Waals surface area (Å²) >= 11 is 0. The van der Waals surface area contributed by atoms with Crippen molar-refractivity contribution >= 4 is 12.1 Å². The second-order valence-corrected chi connectivity index (χ2v) is 4.16. The van der Waals surface area contributed by atoms with Crippen molar-refractivity contribution in [1.29, 1.82) is 0 Å². The van der Waals surface area contributed by atoms with E-state index in [2.05, 4.69) is 9.88 Å². The van der Waals surface area contributed by atoms with Crippen molar-refractivity contribution in [2.45, 2.75) is 19.4 Å². The number of aryl methyl sites for hydroxylation is 1. The molecule has 0 bridgehead atoms. The fourth-order valence-corrected chi connectivity index (χ4v) is 2.02. The molecule has 1 aromatic rings. The van der Waals surface area contributed by atoms with Gasteiger partial charge in [-0.2, -0.15) is 0 Å². The number of aldehydes is 1. The molecule has 0 amide bonds. The Morgan fingerprint density at radius 3 is 3.00 bits per heavy atom. The Morgan fingerprint density at radius 2 is 2.44 bits per heavy atom. The molecule has 4 heteroatoms. The minimum atomic E-state index is 0.397. The minimum absolute atomic E-state index is 0.397. The van der Waals surface area contributed by atoms with E-state index in [-0.39, 0.29) is 0 Å². The molecular formula is C12H16N2O2. The summed E-state index contributed by atoms with van der Waals surface area (Å²) in [6.07, 6.45) is 3.47. The number of carbonyl (C=O) groups excluding carboxylic acids is 1. The van der Waals surface area contributed by atoms with Crippen molar-refractivity contribution in [3.8, 4) is 0 Å². The van der Waals surface area contributed by atoms with Crippen LogP contribution in [0.2, 0.25) is 0 Å². The third kappa shape index (κ3) is 2.07. The smallest absolute Gasteiger partial charge is 0.151 e. The Balaban J connectivity index is 2.22. The molecule has 1 unspecified atom stereocenters. The van der Waals surface area contributed by atoms with Crippen molar-refractivity contribution in [3.63, 3.8) is 0 Å². The highest BCUT2D eigenvalue weighted by Crippen LogP contribution is 2.21. The molecule has 1 fully saturated rings. The van der Waals surface area contributed by atoms with Crippen LogP contribution in [0.1, 0.15) is 22.3 Å². The molecule has 2 rings (SSSR count). The van der Waals surface area contributed by atoms with E-state index in [1.165, 1.54) is 0 Å². The highest BCUT2D eigenvalue weighted by atomic mass is 16.5. The van der Waals surface area contributed by atoms with Crippen LogP contribution < -0.4 is 4.90 Å². The molecule has 1 aliphatic heterocycles. The predicted molar refractivity (Wildman–Crippen MR) is 62.0 cm³/mol. The zero-order chi connectivity index (χ0) is 11.5. The number of hydrogen-bond donors (Lipinski definition) is 0. The Kier molecular flexibility index (Phi) is 3.19. The molecule has 0 N–H and O–H groups in total. The summed E-state index contributed by atoms with van der Waals surface area (Å²) in [6.45, 7) is 3.55. The summed E-state index contributed by atoms with van der Waals surface area (Å²) in [6, 6.07) is 2.26. The third-order valence-corrected chi connectivity index (χ3v) is 3.00. The van der Waals surface area contributed by atoms with Gasteiger partial charge >= 0.3 is 0 Å². The monoisotopic (exact) mass is 220 g/mol. The third-order valence-electron chi connectivity index (χ3n) is 3.00. The lowest BCUT2D eigenvalue weighted by molar-refractivity contribution is 0.112. The number of nitrogens with zero attached hydrogens (tertiary/aromatic N) is 2. The van der Waals surface area contributed by atoms with Gasteiger partial charge in [0.1, 0.15) is 5.82 Å². The Bertz CT molecular complexity index is 387. The minimum Gasteiger partial charge on any atom is -0.379 e. The van der Waals surface area contributed by atoms with E-state index in [0.29, 0.717) is 11.6 Å². The molecule has 4 nitrogen and oxygen atoms in total. The molecule has 1 saturated heterocycles. The molecular weight excluding hydrogens is 204 g/mol. The zero-order valence-corrected chi connectivity index (χ0v) is 9.64. The van der Waals surface area contributed by atoms with E-state index in [4.69, 9.17) is 4.74 Å². The second kappa shape index (κ2) is 4.61. The second-order valence-electron chi connectivity index (χ2n) is 4.16. The number of rotatable bonds is 3. The highest BCUT2D eigenvalue weighted by molar-refractivity contribution is 5.75. The summed E-state index contributed by atoms with van der Waals surface area (Å²) in [5.74, 6) is 0.932. The fourth-order valence-electron chi connectivity index (χ4n) is 2.02. The van der Waals surface area contributed by atoms with E-state index in [1.807, 2.05) is 20.0 Å². The van der Waals surface area contributed by atoms with Crippen LogP contribution >= 0.6 is 0 Å². The predicted octanol–water partition coefficient (Wildman–Crippen LogP) is 1.43. The van der Waals surface area contributed by atoms with Gasteiger partial charge in [0.25, 0.3) is 0 Å². The maximum atomic E-state index is 10.6. The fraction of sp³-hybridized carbons (Fsp3) is 0.500. The summed E-state index contributed by atoms with van der Waals surface area (Å²) in [5.41, 5.74) is 1.65. The van der Waals surface area contributed by atoms with Crippen molar-refractivity contribution in [3.05, 3.63) is 23.4 Å². The molecule has 0 radical (unpaired) electrons. The average molecular weight is 220 g/mol. The van der Waals surface area contributed by atoms with Crippen LogP contribution in [0.15, 0.2) is 12.3 Å². The largest absolute Gasteiger partial charge is 0.379 e. The van der Waals surface area contributed by atoms with Gasteiger partial charge in [0.05, 0.1) is 12.6 Å². The van der Waals surface area contributed by atoms with Crippen LogP contribution in [0.3, 0.4) is 0 Å². The maximum absolute atomic E-state index is 10.6. The van der Waals surface area contributed by atoms with Crippen molar-refractivity contribution in [2.24, 2.45) is 0 Å². The van der Waals surface area contributed by atoms with Gasteiger partial charge in [0.15, 0.2) is 6.29 Å². The first kappa shape index (κ1) is 11.1. The first-order chi connectivity index (χ1) is 7.72.